The van der Waals surface area contributed by atoms with Crippen LogP contribution in [0.15, 0.2) is 29.6 Å². The van der Waals surface area contributed by atoms with Crippen molar-refractivity contribution in [1.29, 1.82) is 0 Å². The Hall–Kier alpha value is -2.62. The topological polar surface area (TPSA) is 65.5 Å². The van der Waals surface area contributed by atoms with Crippen molar-refractivity contribution < 1.29 is 22.8 Å². The van der Waals surface area contributed by atoms with E-state index in [0.717, 1.165) is 12.1 Å². The third-order valence-corrected chi connectivity index (χ3v) is 5.21. The van der Waals surface area contributed by atoms with E-state index in [1.165, 1.54) is 30.4 Å². The van der Waals surface area contributed by atoms with Gasteiger partial charge in [-0.15, -0.1) is 11.3 Å². The molecule has 0 radical (unpaired) electrons. The maximum absolute atomic E-state index is 12.8. The number of halogens is 3. The van der Waals surface area contributed by atoms with Crippen LogP contribution in [0.3, 0.4) is 0 Å². The molecule has 2 amide bonds. The van der Waals surface area contributed by atoms with Gasteiger partial charge in [0.1, 0.15) is 0 Å². The fraction of sp³-hybridized carbons (Fsp3) is 0.389. The van der Waals surface area contributed by atoms with E-state index in [1.54, 1.807) is 15.2 Å². The van der Waals surface area contributed by atoms with Crippen LogP contribution in [0.25, 0.3) is 0 Å². The normalized spacial score (nSPS) is 14.9. The van der Waals surface area contributed by atoms with Crippen molar-refractivity contribution in [2.75, 3.05) is 31.5 Å². The van der Waals surface area contributed by atoms with E-state index in [-0.39, 0.29) is 23.9 Å². The van der Waals surface area contributed by atoms with Gasteiger partial charge in [-0.25, -0.2) is 4.98 Å². The average Bonchev–Trinajstić information content (AvgIpc) is 3.08. The molecule has 0 atom stereocenters. The minimum absolute atomic E-state index is 0.00286. The van der Waals surface area contributed by atoms with Crippen LogP contribution in [0.1, 0.15) is 18.2 Å². The molecule has 0 spiro atoms. The van der Waals surface area contributed by atoms with Gasteiger partial charge in [-0.3, -0.25) is 9.59 Å². The molecule has 10 heteroatoms. The number of benzene rings is 1. The van der Waals surface area contributed by atoms with Gasteiger partial charge in [-0.05, 0) is 18.2 Å². The van der Waals surface area contributed by atoms with E-state index >= 15 is 0 Å². The fourth-order valence-corrected chi connectivity index (χ4v) is 3.61. The number of aromatic nitrogens is 1. The molecule has 6 nitrogen and oxygen atoms in total. The summed E-state index contributed by atoms with van der Waals surface area (Å²) in [6.07, 6.45) is -4.30. The summed E-state index contributed by atoms with van der Waals surface area (Å²) in [5.41, 5.74) is 0.0926. The summed E-state index contributed by atoms with van der Waals surface area (Å²) < 4.78 is 38.4. The number of alkyl halides is 3. The standard InChI is InChI=1S/C18H19F3N4O2S/c1-12(26)24-5-7-25(8-6-24)16(27)10-15-11-28-17(23-15)22-14-4-2-3-13(9-14)18(19,20)21/h2-4,9,11H,5-8,10H2,1H3,(H,22,23). The van der Waals surface area contributed by atoms with Crippen LogP contribution in [-0.2, 0) is 22.2 Å². The SMILES string of the molecule is CC(=O)N1CCN(C(=O)Cc2csc(Nc3cccc(C(F)(F)F)c3)n2)CC1. The van der Waals surface area contributed by atoms with Gasteiger partial charge in [0.2, 0.25) is 11.8 Å². The molecular formula is C18H19F3N4O2S. The van der Waals surface area contributed by atoms with E-state index < -0.39 is 11.7 Å². The van der Waals surface area contributed by atoms with E-state index in [1.807, 2.05) is 0 Å². The molecular weight excluding hydrogens is 393 g/mol. The van der Waals surface area contributed by atoms with E-state index in [2.05, 4.69) is 10.3 Å². The van der Waals surface area contributed by atoms with Crippen molar-refractivity contribution in [3.63, 3.8) is 0 Å². The summed E-state index contributed by atoms with van der Waals surface area (Å²) in [7, 11) is 0. The lowest BCUT2D eigenvalue weighted by atomic mass is 10.2. The number of nitrogens with one attached hydrogen (secondary N) is 1. The third kappa shape index (κ3) is 5.00. The van der Waals surface area contributed by atoms with E-state index in [9.17, 15) is 22.8 Å². The Morgan fingerprint density at radius 1 is 1.18 bits per heavy atom. The van der Waals surface area contributed by atoms with Gasteiger partial charge in [-0.2, -0.15) is 13.2 Å². The van der Waals surface area contributed by atoms with Gasteiger partial charge < -0.3 is 15.1 Å². The van der Waals surface area contributed by atoms with Crippen molar-refractivity contribution in [1.82, 2.24) is 14.8 Å². The summed E-state index contributed by atoms with van der Waals surface area (Å²) in [4.78, 5) is 31.4. The zero-order valence-electron chi connectivity index (χ0n) is 15.1. The predicted molar refractivity (Wildman–Crippen MR) is 99.4 cm³/mol. The molecule has 1 aliphatic heterocycles. The molecule has 28 heavy (non-hydrogen) atoms. The van der Waals surface area contributed by atoms with Crippen LogP contribution in [0.5, 0.6) is 0 Å². The number of piperazine rings is 1. The second-order valence-corrected chi connectivity index (χ2v) is 7.27. The number of rotatable bonds is 4. The lowest BCUT2D eigenvalue weighted by Crippen LogP contribution is -2.50. The van der Waals surface area contributed by atoms with Gasteiger partial charge in [0.25, 0.3) is 0 Å². The minimum Gasteiger partial charge on any atom is -0.339 e. The van der Waals surface area contributed by atoms with Crippen molar-refractivity contribution in [2.45, 2.75) is 19.5 Å². The Morgan fingerprint density at radius 2 is 1.86 bits per heavy atom. The smallest absolute Gasteiger partial charge is 0.339 e. The number of carbonyl (C=O) groups is 2. The summed E-state index contributed by atoms with van der Waals surface area (Å²) in [6.45, 7) is 3.50. The highest BCUT2D eigenvalue weighted by Gasteiger charge is 2.30. The molecule has 1 saturated heterocycles. The Balaban J connectivity index is 1.57. The van der Waals surface area contributed by atoms with Crippen molar-refractivity contribution in [3.8, 4) is 0 Å². The number of carbonyl (C=O) groups excluding carboxylic acids is 2. The zero-order chi connectivity index (χ0) is 20.3. The van der Waals surface area contributed by atoms with Crippen LogP contribution >= 0.6 is 11.3 Å². The fourth-order valence-electron chi connectivity index (χ4n) is 2.88. The molecule has 150 valence electrons. The van der Waals surface area contributed by atoms with Gasteiger partial charge in [0.05, 0.1) is 17.7 Å². The molecule has 1 fully saturated rings. The average molecular weight is 412 g/mol. The minimum atomic E-state index is -4.41. The number of thiazole rings is 1. The van der Waals surface area contributed by atoms with E-state index in [4.69, 9.17) is 0 Å². The van der Waals surface area contributed by atoms with Crippen molar-refractivity contribution >= 4 is 34.0 Å². The third-order valence-electron chi connectivity index (χ3n) is 4.40. The highest BCUT2D eigenvalue weighted by Crippen LogP contribution is 2.31. The van der Waals surface area contributed by atoms with Gasteiger partial charge in [0, 0.05) is 44.2 Å². The maximum Gasteiger partial charge on any atom is 0.416 e. The first-order valence-corrected chi connectivity index (χ1v) is 9.52. The quantitative estimate of drug-likeness (QED) is 0.838. The predicted octanol–water partition coefficient (Wildman–Crippen LogP) is 3.14. The van der Waals surface area contributed by atoms with Crippen molar-refractivity contribution in [2.24, 2.45) is 0 Å². The molecule has 0 unspecified atom stereocenters. The van der Waals surface area contributed by atoms with Crippen LogP contribution in [0.4, 0.5) is 24.0 Å². The summed E-state index contributed by atoms with van der Waals surface area (Å²) >= 11 is 1.22. The maximum atomic E-state index is 12.8. The first-order chi connectivity index (χ1) is 13.2. The second kappa shape index (κ2) is 8.17. The highest BCUT2D eigenvalue weighted by atomic mass is 32.1. The molecule has 1 aromatic heterocycles. The molecule has 1 N–H and O–H groups in total. The number of amides is 2. The first-order valence-electron chi connectivity index (χ1n) is 8.64. The molecule has 0 aliphatic carbocycles. The van der Waals surface area contributed by atoms with Gasteiger partial charge >= 0.3 is 6.18 Å². The van der Waals surface area contributed by atoms with Gasteiger partial charge in [-0.1, -0.05) is 6.07 Å². The molecule has 0 saturated carbocycles. The Bertz CT molecular complexity index is 861. The molecule has 3 rings (SSSR count). The summed E-state index contributed by atoms with van der Waals surface area (Å²) in [6, 6.07) is 4.86. The number of nitrogens with zero attached hydrogens (tertiary/aromatic N) is 3. The van der Waals surface area contributed by atoms with Gasteiger partial charge in [0.15, 0.2) is 5.13 Å². The summed E-state index contributed by atoms with van der Waals surface area (Å²) in [5.74, 6) is -0.0870. The Kier molecular flexibility index (Phi) is 5.87. The monoisotopic (exact) mass is 412 g/mol. The van der Waals surface area contributed by atoms with Crippen LogP contribution < -0.4 is 5.32 Å². The molecule has 2 aromatic rings. The van der Waals surface area contributed by atoms with Crippen LogP contribution in [-0.4, -0.2) is 52.8 Å². The lowest BCUT2D eigenvalue weighted by molar-refractivity contribution is -0.138. The first kappa shape index (κ1) is 20.1. The highest BCUT2D eigenvalue weighted by molar-refractivity contribution is 7.13. The number of anilines is 2. The van der Waals surface area contributed by atoms with Crippen LogP contribution in [0.2, 0.25) is 0 Å². The number of hydrogen-bond donors (Lipinski definition) is 1. The lowest BCUT2D eigenvalue weighted by Gasteiger charge is -2.34. The number of hydrogen-bond acceptors (Lipinski definition) is 5. The largest absolute Gasteiger partial charge is 0.416 e. The zero-order valence-corrected chi connectivity index (χ0v) is 15.9. The van der Waals surface area contributed by atoms with E-state index in [0.29, 0.717) is 37.0 Å². The van der Waals surface area contributed by atoms with Crippen LogP contribution in [0, 0.1) is 0 Å². The Labute approximate surface area is 164 Å². The molecule has 1 aliphatic rings. The molecule has 1 aromatic carbocycles. The summed E-state index contributed by atoms with van der Waals surface area (Å²) in [5, 5.41) is 4.97. The molecule has 0 bridgehead atoms. The van der Waals surface area contributed by atoms with Crippen molar-refractivity contribution in [3.05, 3.63) is 40.9 Å². The Morgan fingerprint density at radius 3 is 2.50 bits per heavy atom. The molecule has 2 heterocycles. The second-order valence-electron chi connectivity index (χ2n) is 6.41.